The topological polar surface area (TPSA) is 61.8 Å². The van der Waals surface area contributed by atoms with Crippen molar-refractivity contribution in [2.45, 2.75) is 160 Å². The van der Waals surface area contributed by atoms with Crippen LogP contribution in [-0.4, -0.2) is 43.1 Å². The number of esters is 2. The molecule has 0 bridgehead atoms. The molecule has 1 aromatic rings. The molecule has 3 rings (SSSR count). The first-order valence-electron chi connectivity index (χ1n) is 16.8. The molecule has 7 heteroatoms. The van der Waals surface area contributed by atoms with Gasteiger partial charge in [-0.1, -0.05) is 64.5 Å². The molecule has 2 aliphatic carbocycles. The van der Waals surface area contributed by atoms with E-state index < -0.39 is 24.3 Å². The zero-order valence-electron chi connectivity index (χ0n) is 26.0. The van der Waals surface area contributed by atoms with Gasteiger partial charge in [0, 0.05) is 0 Å². The van der Waals surface area contributed by atoms with Gasteiger partial charge in [0.1, 0.15) is 18.0 Å². The zero-order valence-corrected chi connectivity index (χ0v) is 26.0. The van der Waals surface area contributed by atoms with Crippen molar-refractivity contribution < 1.29 is 32.6 Å². The van der Waals surface area contributed by atoms with Crippen molar-refractivity contribution in [3.8, 4) is 5.75 Å². The summed E-state index contributed by atoms with van der Waals surface area (Å²) in [5.74, 6) is 0.261. The van der Waals surface area contributed by atoms with Crippen molar-refractivity contribution in [3.63, 3.8) is 0 Å². The molecule has 42 heavy (non-hydrogen) atoms. The van der Waals surface area contributed by atoms with E-state index in [4.69, 9.17) is 14.2 Å². The lowest BCUT2D eigenvalue weighted by molar-refractivity contribution is -0.158. The minimum Gasteiger partial charge on any atom is -0.493 e. The molecule has 2 saturated carbocycles. The average Bonchev–Trinajstić information content (AvgIpc) is 3.01. The van der Waals surface area contributed by atoms with Crippen LogP contribution in [0, 0.1) is 5.92 Å². The SMILES string of the molecule is CCCCCCC(F)C(=O)OC1CCC(COc2ccc(C3CCC(OC(=O)[C@H](F)CCCCCC)CC3)cc2)CC1. The minimum atomic E-state index is -1.50. The number of hydrogen-bond donors (Lipinski definition) is 0. The highest BCUT2D eigenvalue weighted by Gasteiger charge is 2.29. The van der Waals surface area contributed by atoms with Crippen LogP contribution in [0.3, 0.4) is 0 Å². The maximum atomic E-state index is 14.2. The molecule has 0 aromatic heterocycles. The summed E-state index contributed by atoms with van der Waals surface area (Å²) in [6, 6.07) is 8.27. The third-order valence-electron chi connectivity index (χ3n) is 9.00. The van der Waals surface area contributed by atoms with Crippen LogP contribution in [0.5, 0.6) is 5.75 Å². The van der Waals surface area contributed by atoms with E-state index in [1.807, 2.05) is 12.1 Å². The molecular formula is C35H54F2O5. The Hall–Kier alpha value is -2.18. The second kappa shape index (κ2) is 19.2. The molecule has 1 aromatic carbocycles. The molecule has 0 aliphatic heterocycles. The van der Waals surface area contributed by atoms with E-state index in [9.17, 15) is 18.4 Å². The van der Waals surface area contributed by atoms with Gasteiger partial charge in [0.25, 0.3) is 0 Å². The van der Waals surface area contributed by atoms with Crippen molar-refractivity contribution in [3.05, 3.63) is 29.8 Å². The standard InChI is InChI=1S/C35H54F2O5/c1-3-5-7-9-11-32(36)34(38)41-30-19-13-26(14-20-30)25-40-29-21-15-27(16-22-29)28-17-23-31(24-18-28)42-35(39)33(37)12-10-8-6-4-2/h15-16,21-22,26,28,30-33H,3-14,17-20,23-25H2,1-2H3/t26?,28?,30?,31?,32?,33-/m1/s1. The summed E-state index contributed by atoms with van der Waals surface area (Å²) >= 11 is 0. The number of halogens is 2. The van der Waals surface area contributed by atoms with Gasteiger partial charge < -0.3 is 14.2 Å². The summed E-state index contributed by atoms with van der Waals surface area (Å²) in [5, 5.41) is 0. The highest BCUT2D eigenvalue weighted by molar-refractivity contribution is 5.75. The van der Waals surface area contributed by atoms with Gasteiger partial charge in [-0.15, -0.1) is 0 Å². The molecule has 2 atom stereocenters. The van der Waals surface area contributed by atoms with Crippen LogP contribution < -0.4 is 4.74 Å². The van der Waals surface area contributed by atoms with Gasteiger partial charge in [0.15, 0.2) is 12.3 Å². The van der Waals surface area contributed by atoms with E-state index >= 15 is 0 Å². The van der Waals surface area contributed by atoms with Crippen molar-refractivity contribution in [2.75, 3.05) is 6.61 Å². The van der Waals surface area contributed by atoms with Crippen LogP contribution >= 0.6 is 0 Å². The minimum absolute atomic E-state index is 0.183. The van der Waals surface area contributed by atoms with Crippen LogP contribution in [0.1, 0.15) is 141 Å². The highest BCUT2D eigenvalue weighted by Crippen LogP contribution is 2.35. The molecule has 1 unspecified atom stereocenters. The van der Waals surface area contributed by atoms with Gasteiger partial charge in [0.2, 0.25) is 0 Å². The summed E-state index contributed by atoms with van der Waals surface area (Å²) < 4.78 is 45.3. The average molecular weight is 593 g/mol. The summed E-state index contributed by atoms with van der Waals surface area (Å²) in [5.41, 5.74) is 1.25. The molecule has 0 heterocycles. The fraction of sp³-hybridized carbons (Fsp3) is 0.771. The van der Waals surface area contributed by atoms with E-state index in [1.54, 1.807) is 0 Å². The lowest BCUT2D eigenvalue weighted by Gasteiger charge is -2.29. The van der Waals surface area contributed by atoms with E-state index in [0.29, 0.717) is 18.4 Å². The second-order valence-electron chi connectivity index (χ2n) is 12.5. The molecule has 0 radical (unpaired) electrons. The molecule has 2 aliphatic rings. The van der Waals surface area contributed by atoms with Crippen molar-refractivity contribution in [1.29, 1.82) is 0 Å². The molecule has 0 N–H and O–H groups in total. The number of unbranched alkanes of at least 4 members (excludes halogenated alkanes) is 6. The number of ether oxygens (including phenoxy) is 3. The summed E-state index contributed by atoms with van der Waals surface area (Å²) in [4.78, 5) is 24.2. The summed E-state index contributed by atoms with van der Waals surface area (Å²) in [6.07, 6.45) is 11.5. The maximum Gasteiger partial charge on any atom is 0.340 e. The van der Waals surface area contributed by atoms with Gasteiger partial charge in [-0.25, -0.2) is 18.4 Å². The quantitative estimate of drug-likeness (QED) is 0.126. The number of alkyl halides is 2. The fourth-order valence-corrected chi connectivity index (χ4v) is 6.19. The van der Waals surface area contributed by atoms with E-state index in [1.165, 1.54) is 5.56 Å². The highest BCUT2D eigenvalue weighted by atomic mass is 19.1. The Balaban J connectivity index is 1.29. The van der Waals surface area contributed by atoms with E-state index in [-0.39, 0.29) is 25.0 Å². The number of hydrogen-bond acceptors (Lipinski definition) is 5. The largest absolute Gasteiger partial charge is 0.493 e. The molecule has 0 spiro atoms. The molecule has 5 nitrogen and oxygen atoms in total. The summed E-state index contributed by atoms with van der Waals surface area (Å²) in [6.45, 7) is 4.84. The van der Waals surface area contributed by atoms with E-state index in [2.05, 4.69) is 26.0 Å². The zero-order chi connectivity index (χ0) is 30.2. The number of carbonyl (C=O) groups excluding carboxylic acids is 2. The molecule has 2 fully saturated rings. The monoisotopic (exact) mass is 592 g/mol. The van der Waals surface area contributed by atoms with E-state index in [0.717, 1.165) is 108 Å². The maximum absolute atomic E-state index is 14.2. The smallest absolute Gasteiger partial charge is 0.340 e. The lowest BCUT2D eigenvalue weighted by atomic mass is 9.82. The Kier molecular flexibility index (Phi) is 15.7. The van der Waals surface area contributed by atoms with Crippen molar-refractivity contribution in [1.82, 2.24) is 0 Å². The molecular weight excluding hydrogens is 538 g/mol. The first-order valence-corrected chi connectivity index (χ1v) is 16.8. The number of rotatable bonds is 18. The van der Waals surface area contributed by atoms with Crippen LogP contribution in [0.25, 0.3) is 0 Å². The van der Waals surface area contributed by atoms with Gasteiger partial charge in [-0.05, 0) is 107 Å². The predicted octanol–water partition coefficient (Wildman–Crippen LogP) is 9.35. The van der Waals surface area contributed by atoms with Crippen molar-refractivity contribution >= 4 is 11.9 Å². The molecule has 238 valence electrons. The molecule has 0 amide bonds. The third kappa shape index (κ3) is 12.2. The van der Waals surface area contributed by atoms with Gasteiger partial charge >= 0.3 is 11.9 Å². The normalized spacial score (nSPS) is 24.0. The van der Waals surface area contributed by atoms with Crippen LogP contribution in [0.4, 0.5) is 8.78 Å². The number of carbonyl (C=O) groups is 2. The van der Waals surface area contributed by atoms with Crippen molar-refractivity contribution in [2.24, 2.45) is 5.92 Å². The van der Waals surface area contributed by atoms with Crippen LogP contribution in [0.2, 0.25) is 0 Å². The lowest BCUT2D eigenvalue weighted by Crippen LogP contribution is -2.30. The third-order valence-corrected chi connectivity index (χ3v) is 9.00. The number of benzene rings is 1. The Bertz CT molecular complexity index is 891. The Labute approximate surface area is 252 Å². The predicted molar refractivity (Wildman–Crippen MR) is 162 cm³/mol. The second-order valence-corrected chi connectivity index (χ2v) is 12.5. The van der Waals surface area contributed by atoms with Crippen LogP contribution in [-0.2, 0) is 19.1 Å². The Morgan fingerprint density at radius 1 is 0.690 bits per heavy atom. The summed E-state index contributed by atoms with van der Waals surface area (Å²) in [7, 11) is 0. The van der Waals surface area contributed by atoms with Gasteiger partial charge in [0.05, 0.1) is 6.61 Å². The van der Waals surface area contributed by atoms with Gasteiger partial charge in [-0.2, -0.15) is 0 Å². The van der Waals surface area contributed by atoms with Crippen LogP contribution in [0.15, 0.2) is 24.3 Å². The first-order chi connectivity index (χ1) is 20.4. The fourth-order valence-electron chi connectivity index (χ4n) is 6.19. The first kappa shape index (κ1) is 34.3. The Morgan fingerprint density at radius 3 is 1.64 bits per heavy atom. The Morgan fingerprint density at radius 2 is 1.17 bits per heavy atom. The van der Waals surface area contributed by atoms with Gasteiger partial charge in [-0.3, -0.25) is 0 Å². The molecule has 0 saturated heterocycles.